The Labute approximate surface area is 148 Å². The molecule has 1 aromatic carbocycles. The van der Waals surface area contributed by atoms with Crippen molar-refractivity contribution in [2.45, 2.75) is 38.5 Å². The lowest BCUT2D eigenvalue weighted by molar-refractivity contribution is -0.384. The molecule has 1 aromatic rings. The number of likely N-dealkylation sites (tertiary alicyclic amines) is 1. The van der Waals surface area contributed by atoms with E-state index in [1.807, 2.05) is 0 Å². The van der Waals surface area contributed by atoms with Crippen LogP contribution in [0.1, 0.15) is 38.5 Å². The van der Waals surface area contributed by atoms with Crippen LogP contribution in [0.2, 0.25) is 0 Å². The first-order valence-electron chi connectivity index (χ1n) is 9.13. The third-order valence-electron chi connectivity index (χ3n) is 4.44. The van der Waals surface area contributed by atoms with Crippen LogP contribution in [-0.4, -0.2) is 48.5 Å². The van der Waals surface area contributed by atoms with Crippen LogP contribution in [0.5, 0.6) is 0 Å². The number of nitro benzene ring substituents is 1. The van der Waals surface area contributed by atoms with Crippen LogP contribution in [0.3, 0.4) is 0 Å². The summed E-state index contributed by atoms with van der Waals surface area (Å²) in [5.41, 5.74) is 0.474. The molecule has 0 bridgehead atoms. The third-order valence-corrected chi connectivity index (χ3v) is 4.44. The minimum Gasteiger partial charge on any atom is -0.379 e. The van der Waals surface area contributed by atoms with Crippen molar-refractivity contribution >= 4 is 17.3 Å². The number of benzene rings is 1. The molecule has 1 aliphatic heterocycles. The molecule has 1 aliphatic rings. The van der Waals surface area contributed by atoms with Gasteiger partial charge in [0.15, 0.2) is 0 Å². The number of hydrogen-bond acceptors (Lipinski definition) is 5. The van der Waals surface area contributed by atoms with Gasteiger partial charge in [-0.3, -0.25) is 14.9 Å². The van der Waals surface area contributed by atoms with Gasteiger partial charge >= 0.3 is 0 Å². The number of hydrogen-bond donors (Lipinski definition) is 2. The topological polar surface area (TPSA) is 87.5 Å². The smallest absolute Gasteiger partial charge is 0.292 e. The van der Waals surface area contributed by atoms with Gasteiger partial charge in [0.25, 0.3) is 5.69 Å². The lowest BCUT2D eigenvalue weighted by Gasteiger charge is -2.19. The molecule has 1 fully saturated rings. The van der Waals surface area contributed by atoms with Crippen LogP contribution < -0.4 is 10.6 Å². The zero-order valence-electron chi connectivity index (χ0n) is 14.7. The first-order chi connectivity index (χ1) is 12.2. The number of carbonyl (C=O) groups is 1. The molecular weight excluding hydrogens is 320 g/mol. The quantitative estimate of drug-likeness (QED) is 0.407. The van der Waals surface area contributed by atoms with E-state index in [9.17, 15) is 14.9 Å². The zero-order chi connectivity index (χ0) is 17.9. The first kappa shape index (κ1) is 19.2. The van der Waals surface area contributed by atoms with Crippen LogP contribution in [0, 0.1) is 10.1 Å². The van der Waals surface area contributed by atoms with Crippen molar-refractivity contribution in [2.24, 2.45) is 0 Å². The largest absolute Gasteiger partial charge is 0.379 e. The molecule has 0 atom stereocenters. The second kappa shape index (κ2) is 10.7. The minimum absolute atomic E-state index is 0.0260. The van der Waals surface area contributed by atoms with Crippen molar-refractivity contribution < 1.29 is 9.72 Å². The minimum atomic E-state index is -0.425. The lowest BCUT2D eigenvalue weighted by Crippen LogP contribution is -2.31. The number of nitrogens with one attached hydrogen (secondary N) is 2. The fraction of sp³-hybridized carbons (Fsp3) is 0.611. The molecule has 0 aromatic heterocycles. The van der Waals surface area contributed by atoms with Crippen molar-refractivity contribution in [1.29, 1.82) is 0 Å². The third kappa shape index (κ3) is 7.09. The summed E-state index contributed by atoms with van der Waals surface area (Å²) >= 11 is 0. The number of nitro groups is 1. The van der Waals surface area contributed by atoms with Gasteiger partial charge in [-0.05, 0) is 45.0 Å². The normalized spacial score (nSPS) is 15.4. The summed E-state index contributed by atoms with van der Waals surface area (Å²) in [5, 5.41) is 16.8. The highest BCUT2D eigenvalue weighted by Gasteiger charge is 2.12. The van der Waals surface area contributed by atoms with E-state index >= 15 is 0 Å². The number of anilines is 1. The fourth-order valence-electron chi connectivity index (χ4n) is 3.07. The van der Waals surface area contributed by atoms with Crippen LogP contribution in [0.25, 0.3) is 0 Å². The summed E-state index contributed by atoms with van der Waals surface area (Å²) in [6.07, 6.45) is 6.49. The second-order valence-electron chi connectivity index (χ2n) is 6.41. The Hall–Kier alpha value is -2.15. The Morgan fingerprint density at radius 2 is 1.84 bits per heavy atom. The van der Waals surface area contributed by atoms with E-state index in [2.05, 4.69) is 15.5 Å². The Bertz CT molecular complexity index is 557. The average molecular weight is 348 g/mol. The molecule has 0 radical (unpaired) electrons. The molecule has 138 valence electrons. The van der Waals surface area contributed by atoms with E-state index in [4.69, 9.17) is 0 Å². The van der Waals surface area contributed by atoms with E-state index in [1.54, 1.807) is 18.2 Å². The Morgan fingerprint density at radius 3 is 2.56 bits per heavy atom. The van der Waals surface area contributed by atoms with Crippen molar-refractivity contribution in [1.82, 2.24) is 10.2 Å². The van der Waals surface area contributed by atoms with E-state index in [0.29, 0.717) is 25.2 Å². The second-order valence-corrected chi connectivity index (χ2v) is 6.41. The highest BCUT2D eigenvalue weighted by Crippen LogP contribution is 2.22. The maximum atomic E-state index is 11.9. The maximum absolute atomic E-state index is 11.9. The number of rotatable bonds is 9. The standard InChI is InChI=1S/C18H28N4O3/c23-18(20-11-7-15-21-13-5-1-2-6-14-21)10-12-19-16-8-3-4-9-17(16)22(24)25/h3-4,8-9,19H,1-2,5-7,10-15H2,(H,20,23). The summed E-state index contributed by atoms with van der Waals surface area (Å²) in [5.74, 6) is -0.0260. The lowest BCUT2D eigenvalue weighted by atomic mass is 10.2. The molecule has 2 N–H and O–H groups in total. The van der Waals surface area contributed by atoms with Gasteiger partial charge in [-0.25, -0.2) is 0 Å². The van der Waals surface area contributed by atoms with Gasteiger partial charge in [0.2, 0.25) is 5.91 Å². The summed E-state index contributed by atoms with van der Waals surface area (Å²) < 4.78 is 0. The molecule has 2 rings (SSSR count). The number of carbonyl (C=O) groups excluding carboxylic acids is 1. The Morgan fingerprint density at radius 1 is 1.12 bits per heavy atom. The molecule has 0 saturated carbocycles. The van der Waals surface area contributed by atoms with Gasteiger partial charge in [0.05, 0.1) is 4.92 Å². The Balaban J connectivity index is 1.59. The molecule has 0 aliphatic carbocycles. The van der Waals surface area contributed by atoms with Crippen LogP contribution >= 0.6 is 0 Å². The molecule has 1 amide bonds. The van der Waals surface area contributed by atoms with Crippen LogP contribution in [-0.2, 0) is 4.79 Å². The molecule has 0 unspecified atom stereocenters. The van der Waals surface area contributed by atoms with Gasteiger partial charge in [0, 0.05) is 25.6 Å². The van der Waals surface area contributed by atoms with E-state index in [1.165, 1.54) is 44.8 Å². The highest BCUT2D eigenvalue weighted by molar-refractivity contribution is 5.76. The molecule has 1 heterocycles. The summed E-state index contributed by atoms with van der Waals surface area (Å²) in [7, 11) is 0. The fourth-order valence-corrected chi connectivity index (χ4v) is 3.07. The SMILES string of the molecule is O=C(CCNc1ccccc1[N+](=O)[O-])NCCCN1CCCCCC1. The summed E-state index contributed by atoms with van der Waals surface area (Å²) in [6, 6.07) is 6.46. The van der Waals surface area contributed by atoms with Crippen molar-refractivity contribution in [3.05, 3.63) is 34.4 Å². The van der Waals surface area contributed by atoms with Crippen molar-refractivity contribution in [3.8, 4) is 0 Å². The van der Waals surface area contributed by atoms with E-state index < -0.39 is 4.92 Å². The van der Waals surface area contributed by atoms with Gasteiger partial charge in [-0.15, -0.1) is 0 Å². The van der Waals surface area contributed by atoms with Gasteiger partial charge in [0.1, 0.15) is 5.69 Å². The summed E-state index contributed by atoms with van der Waals surface area (Å²) in [4.78, 5) is 24.8. The van der Waals surface area contributed by atoms with Crippen molar-refractivity contribution in [3.63, 3.8) is 0 Å². The van der Waals surface area contributed by atoms with E-state index in [-0.39, 0.29) is 11.6 Å². The highest BCUT2D eigenvalue weighted by atomic mass is 16.6. The molecule has 25 heavy (non-hydrogen) atoms. The molecule has 0 spiro atoms. The summed E-state index contributed by atoms with van der Waals surface area (Å²) in [6.45, 7) is 4.44. The predicted molar refractivity (Wildman–Crippen MR) is 98.7 cm³/mol. The first-order valence-corrected chi connectivity index (χ1v) is 9.13. The maximum Gasteiger partial charge on any atom is 0.292 e. The van der Waals surface area contributed by atoms with Crippen molar-refractivity contribution in [2.75, 3.05) is 38.0 Å². The predicted octanol–water partition coefficient (Wildman–Crippen LogP) is 2.78. The number of para-hydroxylation sites is 2. The van der Waals surface area contributed by atoms with Gasteiger partial charge < -0.3 is 15.5 Å². The van der Waals surface area contributed by atoms with Gasteiger partial charge in [-0.2, -0.15) is 0 Å². The van der Waals surface area contributed by atoms with Crippen LogP contribution in [0.15, 0.2) is 24.3 Å². The Kier molecular flexibility index (Phi) is 8.18. The molecule has 1 saturated heterocycles. The zero-order valence-corrected chi connectivity index (χ0v) is 14.7. The molecule has 7 nitrogen and oxygen atoms in total. The van der Waals surface area contributed by atoms with Gasteiger partial charge in [-0.1, -0.05) is 25.0 Å². The van der Waals surface area contributed by atoms with Crippen LogP contribution in [0.4, 0.5) is 11.4 Å². The monoisotopic (exact) mass is 348 g/mol. The molecule has 7 heteroatoms. The number of nitrogens with zero attached hydrogens (tertiary/aromatic N) is 2. The van der Waals surface area contributed by atoms with E-state index in [0.717, 1.165) is 13.0 Å². The molecular formula is C18H28N4O3. The average Bonchev–Trinajstić information content (AvgIpc) is 2.88. The number of amides is 1.